The molecule has 2 nitrogen and oxygen atoms in total. The summed E-state index contributed by atoms with van der Waals surface area (Å²) in [5, 5.41) is 11.1. The van der Waals surface area contributed by atoms with Gasteiger partial charge in [0.05, 0.1) is 5.03 Å². The van der Waals surface area contributed by atoms with E-state index in [9.17, 15) is 31.9 Å². The van der Waals surface area contributed by atoms with Crippen molar-refractivity contribution in [2.75, 3.05) is 0 Å². The second kappa shape index (κ2) is 6.16. The molecule has 0 saturated heterocycles. The van der Waals surface area contributed by atoms with Crippen LogP contribution in [0.25, 0.3) is 0 Å². The van der Waals surface area contributed by atoms with Gasteiger partial charge < -0.3 is 5.11 Å². The maximum atomic E-state index is 14.4. The third-order valence-corrected chi connectivity index (χ3v) is 8.89. The van der Waals surface area contributed by atoms with Crippen LogP contribution < -0.4 is 0 Å². The number of hydrogen-bond acceptors (Lipinski definition) is 2. The first-order valence-corrected chi connectivity index (χ1v) is 10.3. The van der Waals surface area contributed by atoms with Gasteiger partial charge in [-0.25, -0.2) is 0 Å². The van der Waals surface area contributed by atoms with E-state index in [0.717, 1.165) is 5.57 Å². The van der Waals surface area contributed by atoms with E-state index >= 15 is 0 Å². The summed E-state index contributed by atoms with van der Waals surface area (Å²) < 4.78 is 68.2. The summed E-state index contributed by atoms with van der Waals surface area (Å²) in [6.45, 7) is 1.42. The Morgan fingerprint density at radius 2 is 1.68 bits per heavy atom. The van der Waals surface area contributed by atoms with Crippen molar-refractivity contribution in [3.8, 4) is 0 Å². The lowest BCUT2D eigenvalue weighted by atomic mass is 9.50. The molecule has 4 aliphatic rings. The van der Waals surface area contributed by atoms with E-state index in [1.54, 1.807) is 0 Å². The molecule has 0 amide bonds. The predicted octanol–water partition coefficient (Wildman–Crippen LogP) is 5.62. The van der Waals surface area contributed by atoms with Crippen LogP contribution in [0.1, 0.15) is 58.3 Å². The number of fused-ring (bicyclic) bond motifs is 5. The van der Waals surface area contributed by atoms with Crippen LogP contribution in [-0.2, 0) is 4.79 Å². The fraction of sp³-hybridized carbons (Fsp3) is 0.850. The van der Waals surface area contributed by atoms with E-state index in [1.165, 1.54) is 6.92 Å². The molecule has 158 valence electrons. The number of rotatable bonds is 1. The van der Waals surface area contributed by atoms with Gasteiger partial charge in [-0.3, -0.25) is 4.79 Å². The first-order chi connectivity index (χ1) is 12.8. The Morgan fingerprint density at radius 1 is 1.00 bits per heavy atom. The molecule has 8 heteroatoms. The van der Waals surface area contributed by atoms with Crippen molar-refractivity contribution in [2.45, 2.75) is 76.0 Å². The molecule has 6 atom stereocenters. The standard InChI is InChI=1S/C20H24ClF5O2/c1-17-8-6-11-10-4-5-15(27)16(21)13(10)3-2-12(11)14(17)7-9-18(17,28)19(22,23)20(24,25)26/h10-12,14,28H,2-9H2,1H3/t10?,11?,12?,14?,17-,18-/m0/s1. The predicted molar refractivity (Wildman–Crippen MR) is 92.8 cm³/mol. The van der Waals surface area contributed by atoms with Crippen molar-refractivity contribution in [1.82, 2.24) is 0 Å². The zero-order valence-electron chi connectivity index (χ0n) is 15.6. The van der Waals surface area contributed by atoms with Crippen LogP contribution >= 0.6 is 11.6 Å². The number of Topliss-reactive ketones (excluding diaryl/α,β-unsaturated/α-hetero) is 1. The Balaban J connectivity index is 1.68. The van der Waals surface area contributed by atoms with Crippen LogP contribution in [0.5, 0.6) is 0 Å². The second-order valence-electron chi connectivity index (χ2n) is 9.31. The fourth-order valence-corrected chi connectivity index (χ4v) is 7.33. The minimum Gasteiger partial charge on any atom is -0.383 e. The van der Waals surface area contributed by atoms with E-state index in [1.807, 2.05) is 0 Å². The third-order valence-electron chi connectivity index (χ3n) is 8.44. The van der Waals surface area contributed by atoms with Crippen LogP contribution in [0, 0.1) is 29.1 Å². The van der Waals surface area contributed by atoms with E-state index in [-0.39, 0.29) is 42.3 Å². The van der Waals surface area contributed by atoms with Gasteiger partial charge in [0.25, 0.3) is 0 Å². The Morgan fingerprint density at radius 3 is 2.32 bits per heavy atom. The number of aliphatic hydroxyl groups is 1. The Kier molecular flexibility index (Phi) is 4.53. The van der Waals surface area contributed by atoms with Crippen molar-refractivity contribution >= 4 is 17.4 Å². The molecule has 0 heterocycles. The SMILES string of the molecule is C[C@]12CCC3C4CCC(=O)C(Cl)=C4CCC3C1CC[C@@]2(O)C(F)(F)C(F)(F)F. The maximum absolute atomic E-state index is 14.4. The van der Waals surface area contributed by atoms with E-state index in [4.69, 9.17) is 11.6 Å². The normalized spacial score (nSPS) is 44.2. The van der Waals surface area contributed by atoms with Gasteiger partial charge in [-0.15, -0.1) is 0 Å². The van der Waals surface area contributed by atoms with Gasteiger partial charge in [-0.2, -0.15) is 22.0 Å². The van der Waals surface area contributed by atoms with Crippen LogP contribution in [0.3, 0.4) is 0 Å². The quantitative estimate of drug-likeness (QED) is 0.552. The molecular weight excluding hydrogens is 403 g/mol. The molecule has 0 spiro atoms. The minimum atomic E-state index is -5.78. The number of halogens is 6. The van der Waals surface area contributed by atoms with Gasteiger partial charge >= 0.3 is 12.1 Å². The lowest BCUT2D eigenvalue weighted by Crippen LogP contribution is -2.65. The van der Waals surface area contributed by atoms with E-state index < -0.39 is 29.5 Å². The highest BCUT2D eigenvalue weighted by Gasteiger charge is 2.78. The second-order valence-corrected chi connectivity index (χ2v) is 9.69. The molecule has 0 radical (unpaired) electrons. The van der Waals surface area contributed by atoms with Gasteiger partial charge in [0.1, 0.15) is 5.60 Å². The summed E-state index contributed by atoms with van der Waals surface area (Å²) in [6.07, 6.45) is -3.35. The summed E-state index contributed by atoms with van der Waals surface area (Å²) in [5.41, 5.74) is -3.62. The molecule has 0 aliphatic heterocycles. The minimum absolute atomic E-state index is 0.0248. The van der Waals surface area contributed by atoms with E-state index in [0.29, 0.717) is 37.1 Å². The fourth-order valence-electron chi connectivity index (χ4n) is 7.00. The van der Waals surface area contributed by atoms with Crippen LogP contribution in [0.4, 0.5) is 22.0 Å². The number of ketones is 1. The monoisotopic (exact) mass is 426 g/mol. The smallest absolute Gasteiger partial charge is 0.383 e. The first-order valence-electron chi connectivity index (χ1n) is 9.94. The molecule has 3 saturated carbocycles. The van der Waals surface area contributed by atoms with Crippen LogP contribution in [0.15, 0.2) is 10.6 Å². The summed E-state index contributed by atoms with van der Waals surface area (Å²) in [4.78, 5) is 11.9. The molecule has 1 N–H and O–H groups in total. The topological polar surface area (TPSA) is 37.3 Å². The van der Waals surface area contributed by atoms with Gasteiger partial charge in [0.15, 0.2) is 5.78 Å². The first kappa shape index (κ1) is 20.6. The molecule has 3 fully saturated rings. The van der Waals surface area contributed by atoms with Crippen molar-refractivity contribution < 1.29 is 31.9 Å². The Labute approximate surface area is 165 Å². The zero-order chi connectivity index (χ0) is 20.7. The molecule has 4 aliphatic carbocycles. The van der Waals surface area contributed by atoms with Crippen LogP contribution in [0.2, 0.25) is 0 Å². The summed E-state index contributed by atoms with van der Waals surface area (Å²) in [7, 11) is 0. The third kappa shape index (κ3) is 2.44. The maximum Gasteiger partial charge on any atom is 0.456 e. The highest BCUT2D eigenvalue weighted by Crippen LogP contribution is 2.69. The molecule has 4 rings (SSSR count). The van der Waals surface area contributed by atoms with Crippen molar-refractivity contribution in [2.24, 2.45) is 29.1 Å². The molecule has 0 aromatic rings. The molecule has 4 unspecified atom stereocenters. The summed E-state index contributed by atoms with van der Waals surface area (Å²) >= 11 is 6.23. The van der Waals surface area contributed by atoms with Gasteiger partial charge in [-0.1, -0.05) is 18.5 Å². The Bertz CT molecular complexity index is 733. The molecule has 0 aromatic heterocycles. The van der Waals surface area contributed by atoms with Gasteiger partial charge in [0, 0.05) is 11.8 Å². The van der Waals surface area contributed by atoms with Crippen molar-refractivity contribution in [1.29, 1.82) is 0 Å². The largest absolute Gasteiger partial charge is 0.456 e. The van der Waals surface area contributed by atoms with Gasteiger partial charge in [0.2, 0.25) is 0 Å². The average Bonchev–Trinajstić information content (AvgIpc) is 2.90. The number of allylic oxidation sites excluding steroid dienone is 1. The Hall–Kier alpha value is -0.690. The van der Waals surface area contributed by atoms with Gasteiger partial charge in [-0.05, 0) is 74.2 Å². The highest BCUT2D eigenvalue weighted by atomic mass is 35.5. The van der Waals surface area contributed by atoms with Crippen LogP contribution in [-0.4, -0.2) is 28.6 Å². The molecule has 0 bridgehead atoms. The van der Waals surface area contributed by atoms with E-state index in [2.05, 4.69) is 0 Å². The number of hydrogen-bond donors (Lipinski definition) is 1. The number of carbonyl (C=O) groups is 1. The molecule has 0 aromatic carbocycles. The highest BCUT2D eigenvalue weighted by molar-refractivity contribution is 6.43. The number of carbonyl (C=O) groups excluding carboxylic acids is 1. The lowest BCUT2D eigenvalue weighted by Gasteiger charge is -2.56. The summed E-state index contributed by atoms with van der Waals surface area (Å²) in [5.74, 6) is -5.38. The summed E-state index contributed by atoms with van der Waals surface area (Å²) in [6, 6.07) is 0. The number of alkyl halides is 5. The average molecular weight is 427 g/mol. The molecule has 28 heavy (non-hydrogen) atoms. The lowest BCUT2D eigenvalue weighted by molar-refractivity contribution is -0.363. The van der Waals surface area contributed by atoms with Crippen molar-refractivity contribution in [3.63, 3.8) is 0 Å². The van der Waals surface area contributed by atoms with Crippen molar-refractivity contribution in [3.05, 3.63) is 10.6 Å². The molecular formula is C20H24ClF5O2. The zero-order valence-corrected chi connectivity index (χ0v) is 16.3.